The van der Waals surface area contributed by atoms with Gasteiger partial charge in [0.25, 0.3) is 0 Å². The Morgan fingerprint density at radius 1 is 0.970 bits per heavy atom. The van der Waals surface area contributed by atoms with Gasteiger partial charge in [-0.2, -0.15) is 4.98 Å². The summed E-state index contributed by atoms with van der Waals surface area (Å²) in [6, 6.07) is 12.3. The number of aromatic nitrogens is 3. The molecule has 0 spiro atoms. The molecule has 0 radical (unpaired) electrons. The lowest BCUT2D eigenvalue weighted by Gasteiger charge is -2.24. The molecule has 1 aliphatic rings. The van der Waals surface area contributed by atoms with E-state index in [1.807, 2.05) is 6.92 Å². The molecule has 0 saturated carbocycles. The van der Waals surface area contributed by atoms with E-state index >= 15 is 0 Å². The number of nitrogens with zero attached hydrogens (tertiary/aromatic N) is 3. The molecule has 0 unspecified atom stereocenters. The highest BCUT2D eigenvalue weighted by molar-refractivity contribution is 7.98. The molecule has 1 aliphatic heterocycles. The lowest BCUT2D eigenvalue weighted by Crippen LogP contribution is -2.13. The van der Waals surface area contributed by atoms with Crippen LogP contribution in [0.25, 0.3) is 11.4 Å². The maximum atomic E-state index is 13.4. The largest absolute Gasteiger partial charge is 0.436 e. The highest BCUT2D eigenvalue weighted by atomic mass is 32.2. The van der Waals surface area contributed by atoms with Gasteiger partial charge in [-0.3, -0.25) is 4.98 Å². The van der Waals surface area contributed by atoms with Crippen LogP contribution in [0.3, 0.4) is 0 Å². The summed E-state index contributed by atoms with van der Waals surface area (Å²) in [5, 5.41) is 10.5. The van der Waals surface area contributed by atoms with Crippen molar-refractivity contribution in [2.45, 2.75) is 30.7 Å². The van der Waals surface area contributed by atoms with Crippen molar-refractivity contribution in [3.8, 4) is 23.0 Å². The third-order valence-electron chi connectivity index (χ3n) is 5.45. The molecule has 0 saturated heterocycles. The molecule has 0 bridgehead atoms. The van der Waals surface area contributed by atoms with Gasteiger partial charge < -0.3 is 9.84 Å². The second-order valence-corrected chi connectivity index (χ2v) is 8.64. The zero-order valence-corrected chi connectivity index (χ0v) is 18.5. The minimum atomic E-state index is -0.342. The van der Waals surface area contributed by atoms with Gasteiger partial charge in [-0.15, -0.1) is 11.8 Å². The van der Waals surface area contributed by atoms with Gasteiger partial charge in [-0.25, -0.2) is 13.8 Å². The Morgan fingerprint density at radius 2 is 1.67 bits per heavy atom. The van der Waals surface area contributed by atoms with E-state index in [0.29, 0.717) is 51.5 Å². The summed E-state index contributed by atoms with van der Waals surface area (Å²) in [4.78, 5) is 13.7. The van der Waals surface area contributed by atoms with Crippen LogP contribution in [0, 0.1) is 18.6 Å². The summed E-state index contributed by atoms with van der Waals surface area (Å²) in [7, 11) is 0. The van der Waals surface area contributed by atoms with Gasteiger partial charge in [-0.05, 0) is 48.9 Å². The van der Waals surface area contributed by atoms with E-state index < -0.39 is 0 Å². The van der Waals surface area contributed by atoms with Crippen molar-refractivity contribution in [1.29, 1.82) is 0 Å². The number of aryl methyl sites for hydroxylation is 1. The van der Waals surface area contributed by atoms with E-state index in [9.17, 15) is 13.9 Å². The maximum Gasteiger partial charge on any atom is 0.227 e. The average Bonchev–Trinajstić information content (AvgIpc) is 2.83. The highest BCUT2D eigenvalue weighted by Gasteiger charge is 2.27. The lowest BCUT2D eigenvalue weighted by molar-refractivity contribution is 0.278. The third-order valence-corrected chi connectivity index (χ3v) is 6.54. The quantitative estimate of drug-likeness (QED) is 0.270. The molecule has 8 heteroatoms. The minimum absolute atomic E-state index is 0.152. The Labute approximate surface area is 193 Å². The van der Waals surface area contributed by atoms with E-state index in [2.05, 4.69) is 9.97 Å². The smallest absolute Gasteiger partial charge is 0.227 e. The molecule has 33 heavy (non-hydrogen) atoms. The van der Waals surface area contributed by atoms with Gasteiger partial charge in [0.2, 0.25) is 5.88 Å². The molecule has 3 heterocycles. The first-order valence-corrected chi connectivity index (χ1v) is 11.3. The molecule has 0 amide bonds. The van der Waals surface area contributed by atoms with Crippen molar-refractivity contribution in [2.24, 2.45) is 0 Å². The number of hydrogen-bond donors (Lipinski definition) is 1. The van der Waals surface area contributed by atoms with Gasteiger partial charge >= 0.3 is 0 Å². The van der Waals surface area contributed by atoms with Gasteiger partial charge in [-0.1, -0.05) is 12.1 Å². The fraction of sp³-hybridized carbons (Fsp3) is 0.160. The zero-order chi connectivity index (χ0) is 22.9. The van der Waals surface area contributed by atoms with Crippen LogP contribution in [0.2, 0.25) is 0 Å². The SMILES string of the molecule is Cc1ncc(CO)c2c1Oc1nc(-c3ccc(F)cc3)nc(SCc3ccc(F)cc3)c1C2. The van der Waals surface area contributed by atoms with E-state index in [-0.39, 0.29) is 18.2 Å². The zero-order valence-electron chi connectivity index (χ0n) is 17.7. The molecular weight excluding hydrogens is 444 g/mol. The topological polar surface area (TPSA) is 68.1 Å². The molecule has 5 nitrogen and oxygen atoms in total. The van der Waals surface area contributed by atoms with E-state index in [0.717, 1.165) is 16.7 Å². The average molecular weight is 464 g/mol. The second-order valence-electron chi connectivity index (χ2n) is 7.67. The molecule has 5 rings (SSSR count). The Balaban J connectivity index is 1.58. The van der Waals surface area contributed by atoms with Crippen LogP contribution < -0.4 is 4.74 Å². The fourth-order valence-electron chi connectivity index (χ4n) is 3.67. The van der Waals surface area contributed by atoms with Crippen LogP contribution in [0.15, 0.2) is 59.8 Å². The summed E-state index contributed by atoms with van der Waals surface area (Å²) in [6.07, 6.45) is 2.14. The molecular formula is C25H19F2N3O2S. The number of hydrogen-bond acceptors (Lipinski definition) is 6. The summed E-state index contributed by atoms with van der Waals surface area (Å²) >= 11 is 1.49. The van der Waals surface area contributed by atoms with Crippen LogP contribution in [0.4, 0.5) is 8.78 Å². The van der Waals surface area contributed by atoms with Crippen molar-refractivity contribution in [2.75, 3.05) is 0 Å². The van der Waals surface area contributed by atoms with Crippen molar-refractivity contribution in [3.05, 3.63) is 94.3 Å². The summed E-state index contributed by atoms with van der Waals surface area (Å²) in [5.74, 6) is 1.37. The molecule has 0 fully saturated rings. The van der Waals surface area contributed by atoms with E-state index in [1.54, 1.807) is 30.5 Å². The molecule has 2 aromatic carbocycles. The monoisotopic (exact) mass is 463 g/mol. The number of aliphatic hydroxyl groups excluding tert-OH is 1. The number of aliphatic hydroxyl groups is 1. The van der Waals surface area contributed by atoms with Gasteiger partial charge in [0.15, 0.2) is 11.6 Å². The van der Waals surface area contributed by atoms with Crippen molar-refractivity contribution < 1.29 is 18.6 Å². The molecule has 2 aromatic heterocycles. The summed E-state index contributed by atoms with van der Waals surface area (Å²) in [5.41, 5.74) is 4.68. The predicted octanol–water partition coefficient (Wildman–Crippen LogP) is 5.61. The molecule has 4 aromatic rings. The van der Waals surface area contributed by atoms with Crippen molar-refractivity contribution >= 4 is 11.8 Å². The first-order chi connectivity index (χ1) is 16.0. The maximum absolute atomic E-state index is 13.4. The second kappa shape index (κ2) is 8.88. The number of halogens is 2. The highest BCUT2D eigenvalue weighted by Crippen LogP contribution is 2.43. The Morgan fingerprint density at radius 3 is 2.36 bits per heavy atom. The standard InChI is InChI=1S/C25H19F2N3O2S/c1-14-22-20(17(12-31)11-28-14)10-21-24(32-22)29-23(16-4-8-19(27)9-5-16)30-25(21)33-13-15-2-6-18(26)7-3-15/h2-9,11,31H,10,12-13H2,1H3. The fourth-order valence-corrected chi connectivity index (χ4v) is 4.65. The molecule has 0 aliphatic carbocycles. The third kappa shape index (κ3) is 4.31. The first-order valence-electron chi connectivity index (χ1n) is 10.3. The van der Waals surface area contributed by atoms with Gasteiger partial charge in [0, 0.05) is 35.1 Å². The predicted molar refractivity (Wildman–Crippen MR) is 121 cm³/mol. The van der Waals surface area contributed by atoms with Crippen molar-refractivity contribution in [1.82, 2.24) is 15.0 Å². The lowest BCUT2D eigenvalue weighted by atomic mass is 9.99. The van der Waals surface area contributed by atoms with Crippen LogP contribution >= 0.6 is 11.8 Å². The van der Waals surface area contributed by atoms with E-state index in [1.165, 1.54) is 36.0 Å². The Kier molecular flexibility index (Phi) is 5.78. The summed E-state index contributed by atoms with van der Waals surface area (Å²) < 4.78 is 32.9. The van der Waals surface area contributed by atoms with E-state index in [4.69, 9.17) is 9.72 Å². The van der Waals surface area contributed by atoms with Crippen LogP contribution in [0.5, 0.6) is 11.6 Å². The summed E-state index contributed by atoms with van der Waals surface area (Å²) in [6.45, 7) is 1.69. The van der Waals surface area contributed by atoms with Crippen LogP contribution in [-0.2, 0) is 18.8 Å². The van der Waals surface area contributed by atoms with Gasteiger partial charge in [0.1, 0.15) is 16.7 Å². The number of benzene rings is 2. The Bertz CT molecular complexity index is 1330. The minimum Gasteiger partial charge on any atom is -0.436 e. The van der Waals surface area contributed by atoms with Crippen LogP contribution in [-0.4, -0.2) is 20.1 Å². The van der Waals surface area contributed by atoms with Crippen molar-refractivity contribution in [3.63, 3.8) is 0 Å². The number of rotatable bonds is 5. The number of fused-ring (bicyclic) bond motifs is 2. The Hall–Kier alpha value is -3.36. The van der Waals surface area contributed by atoms with Gasteiger partial charge in [0.05, 0.1) is 17.9 Å². The van der Waals surface area contributed by atoms with Crippen LogP contribution in [0.1, 0.15) is 27.9 Å². The molecule has 166 valence electrons. The normalized spacial score (nSPS) is 12.1. The number of ether oxygens (including phenoxy) is 1. The molecule has 1 N–H and O–H groups in total. The molecule has 0 atom stereocenters. The number of pyridine rings is 1. The number of thioether (sulfide) groups is 1. The first kappa shape index (κ1) is 21.5.